The molecule has 136 valence electrons. The van der Waals surface area contributed by atoms with Crippen molar-refractivity contribution in [3.05, 3.63) is 90.2 Å². The van der Waals surface area contributed by atoms with Crippen LogP contribution in [0, 0.1) is 0 Å². The summed E-state index contributed by atoms with van der Waals surface area (Å²) in [5.74, 6) is 0. The van der Waals surface area contributed by atoms with Crippen LogP contribution in [-0.4, -0.2) is 22.8 Å². The van der Waals surface area contributed by atoms with E-state index in [4.69, 9.17) is 15.0 Å². The van der Waals surface area contributed by atoms with Gasteiger partial charge >= 0.3 is 0 Å². The molecule has 0 atom stereocenters. The van der Waals surface area contributed by atoms with Gasteiger partial charge in [-0.25, -0.2) is 20.0 Å². The zero-order valence-corrected chi connectivity index (χ0v) is 19.3. The van der Waals surface area contributed by atoms with Crippen molar-refractivity contribution in [2.45, 2.75) is 13.3 Å². The molecular formula is C22H14I2N4. The van der Waals surface area contributed by atoms with Crippen LogP contribution >= 0.6 is 45.2 Å². The third-order valence-corrected chi connectivity index (χ3v) is 6.93. The smallest absolute Gasteiger partial charge is 0.0929 e. The minimum atomic E-state index is 0.896. The van der Waals surface area contributed by atoms with Crippen LogP contribution in [-0.2, 0) is 0 Å². The minimum Gasteiger partial charge on any atom is -0.249 e. The first-order valence-corrected chi connectivity index (χ1v) is 11.1. The molecule has 5 heterocycles. The molecule has 0 aromatic carbocycles. The van der Waals surface area contributed by atoms with Gasteiger partial charge in [0.25, 0.3) is 0 Å². The second kappa shape index (κ2) is 7.14. The number of nitrogens with zero attached hydrogens (tertiary/aromatic N) is 4. The molecule has 0 aromatic heterocycles. The van der Waals surface area contributed by atoms with Crippen molar-refractivity contribution >= 4 is 68.0 Å². The monoisotopic (exact) mass is 588 g/mol. The predicted molar refractivity (Wildman–Crippen MR) is 134 cm³/mol. The fourth-order valence-electron chi connectivity index (χ4n) is 3.35. The number of halogens is 2. The molecule has 4 nitrogen and oxygen atoms in total. The van der Waals surface area contributed by atoms with E-state index in [2.05, 4.69) is 63.2 Å². The highest BCUT2D eigenvalue weighted by Gasteiger charge is 2.24. The molecule has 5 aliphatic heterocycles. The fraction of sp³-hybridized carbons (Fsp3) is 0.0909. The van der Waals surface area contributed by atoms with Gasteiger partial charge in [0.15, 0.2) is 0 Å². The topological polar surface area (TPSA) is 49.4 Å². The van der Waals surface area contributed by atoms with Crippen molar-refractivity contribution in [3.63, 3.8) is 0 Å². The Morgan fingerprint density at radius 2 is 1.25 bits per heavy atom. The Bertz CT molecular complexity index is 1190. The number of fused-ring (bicyclic) bond motifs is 4. The number of allylic oxidation sites excluding steroid dienone is 12. The average Bonchev–Trinajstić information content (AvgIpc) is 3.44. The molecule has 28 heavy (non-hydrogen) atoms. The SMILES string of the molecule is CCC1=C(I)C2=C(I)C3=NC(=CC4=NC(=CC5=NC(=CC1=N2)C=C5)C=C4)C=C3. The first-order valence-electron chi connectivity index (χ1n) is 8.94. The van der Waals surface area contributed by atoms with Crippen LogP contribution in [0.3, 0.4) is 0 Å². The van der Waals surface area contributed by atoms with E-state index < -0.39 is 0 Å². The molecule has 5 rings (SSSR count). The van der Waals surface area contributed by atoms with Crippen LogP contribution in [0.2, 0.25) is 0 Å². The Morgan fingerprint density at radius 3 is 1.93 bits per heavy atom. The second-order valence-electron chi connectivity index (χ2n) is 6.58. The maximum atomic E-state index is 4.95. The van der Waals surface area contributed by atoms with Crippen LogP contribution < -0.4 is 0 Å². The van der Waals surface area contributed by atoms with Gasteiger partial charge in [-0.05, 0) is 112 Å². The summed E-state index contributed by atoms with van der Waals surface area (Å²) in [6.07, 6.45) is 19.1. The summed E-state index contributed by atoms with van der Waals surface area (Å²) in [6.45, 7) is 2.17. The van der Waals surface area contributed by atoms with Gasteiger partial charge in [-0.1, -0.05) is 6.92 Å². The lowest BCUT2D eigenvalue weighted by atomic mass is 10.1. The van der Waals surface area contributed by atoms with E-state index in [0.29, 0.717) is 0 Å². The van der Waals surface area contributed by atoms with E-state index >= 15 is 0 Å². The van der Waals surface area contributed by atoms with Gasteiger partial charge in [0, 0.05) is 3.58 Å². The van der Waals surface area contributed by atoms with Crippen LogP contribution in [0.15, 0.2) is 110 Å². The number of hydrogen-bond donors (Lipinski definition) is 0. The van der Waals surface area contributed by atoms with Gasteiger partial charge in [-0.2, -0.15) is 0 Å². The summed E-state index contributed by atoms with van der Waals surface area (Å²) in [7, 11) is 0. The first-order chi connectivity index (χ1) is 13.6. The molecule has 8 bridgehead atoms. The molecular weight excluding hydrogens is 574 g/mol. The normalized spacial score (nSPS) is 22.3. The molecule has 0 amide bonds. The molecule has 0 spiro atoms. The van der Waals surface area contributed by atoms with Crippen molar-refractivity contribution in [2.24, 2.45) is 20.0 Å². The molecule has 5 aliphatic rings. The zero-order valence-electron chi connectivity index (χ0n) is 14.9. The number of hydrogen-bond acceptors (Lipinski definition) is 4. The molecule has 0 aromatic rings. The highest BCUT2D eigenvalue weighted by molar-refractivity contribution is 14.1. The lowest BCUT2D eigenvalue weighted by Crippen LogP contribution is -1.95. The maximum absolute atomic E-state index is 4.95. The number of aliphatic imine (C=N–C) groups is 4. The van der Waals surface area contributed by atoms with Crippen molar-refractivity contribution < 1.29 is 0 Å². The quantitative estimate of drug-likeness (QED) is 0.344. The summed E-state index contributed by atoms with van der Waals surface area (Å²) >= 11 is 4.76. The summed E-state index contributed by atoms with van der Waals surface area (Å²) in [5, 5.41) is 0. The van der Waals surface area contributed by atoms with Gasteiger partial charge in [0.2, 0.25) is 0 Å². The number of rotatable bonds is 1. The van der Waals surface area contributed by atoms with Crippen molar-refractivity contribution in [3.8, 4) is 0 Å². The van der Waals surface area contributed by atoms with Gasteiger partial charge in [-0.3, -0.25) is 0 Å². The Hall–Kier alpha value is -1.94. The van der Waals surface area contributed by atoms with Gasteiger partial charge in [0.05, 0.1) is 49.2 Å². The van der Waals surface area contributed by atoms with Crippen LogP contribution in [0.5, 0.6) is 0 Å². The van der Waals surface area contributed by atoms with Crippen LogP contribution in [0.25, 0.3) is 0 Å². The maximum Gasteiger partial charge on any atom is 0.0929 e. The Morgan fingerprint density at radius 1 is 0.643 bits per heavy atom. The highest BCUT2D eigenvalue weighted by Crippen LogP contribution is 2.38. The lowest BCUT2D eigenvalue weighted by molar-refractivity contribution is 1.18. The van der Waals surface area contributed by atoms with Crippen molar-refractivity contribution in [1.82, 2.24) is 0 Å². The third-order valence-electron chi connectivity index (χ3n) is 4.70. The molecule has 0 saturated heterocycles. The van der Waals surface area contributed by atoms with E-state index in [1.54, 1.807) is 0 Å². The Labute approximate surface area is 190 Å². The van der Waals surface area contributed by atoms with E-state index in [9.17, 15) is 0 Å². The van der Waals surface area contributed by atoms with Gasteiger partial charge in [-0.15, -0.1) is 0 Å². The molecule has 0 saturated carbocycles. The predicted octanol–water partition coefficient (Wildman–Crippen LogP) is 5.88. The van der Waals surface area contributed by atoms with E-state index in [1.807, 2.05) is 48.6 Å². The minimum absolute atomic E-state index is 0.896. The molecule has 0 radical (unpaired) electrons. The van der Waals surface area contributed by atoms with E-state index in [-0.39, 0.29) is 0 Å². The molecule has 6 heteroatoms. The van der Waals surface area contributed by atoms with Gasteiger partial charge < -0.3 is 0 Å². The van der Waals surface area contributed by atoms with Crippen LogP contribution in [0.4, 0.5) is 0 Å². The van der Waals surface area contributed by atoms with Crippen molar-refractivity contribution in [1.29, 1.82) is 0 Å². The van der Waals surface area contributed by atoms with Gasteiger partial charge in [0.1, 0.15) is 0 Å². The summed E-state index contributed by atoms with van der Waals surface area (Å²) in [6, 6.07) is 0. The second-order valence-corrected chi connectivity index (χ2v) is 8.74. The lowest BCUT2D eigenvalue weighted by Gasteiger charge is -2.02. The Balaban J connectivity index is 1.72. The summed E-state index contributed by atoms with van der Waals surface area (Å²) in [5.41, 5.74) is 8.68. The van der Waals surface area contributed by atoms with E-state index in [1.165, 1.54) is 9.15 Å². The summed E-state index contributed by atoms with van der Waals surface area (Å²) < 4.78 is 2.25. The molecule has 0 N–H and O–H groups in total. The average molecular weight is 588 g/mol. The standard InChI is InChI=1S/C22H14I2N4/c1-2-17-19-11-16-6-5-13(26-16)9-12-3-4-14(25-12)10-15-7-8-18(27-15)21(24)22(28-19)20(17)23/h3-11H,2H2,1H3. The first kappa shape index (κ1) is 18.1. The fourth-order valence-corrected chi connectivity index (χ4v) is 5.60. The Kier molecular flexibility index (Phi) is 4.62. The van der Waals surface area contributed by atoms with Crippen molar-refractivity contribution in [2.75, 3.05) is 0 Å². The van der Waals surface area contributed by atoms with Crippen LogP contribution in [0.1, 0.15) is 13.3 Å². The highest BCUT2D eigenvalue weighted by atomic mass is 127. The zero-order chi connectivity index (χ0) is 19.3. The third kappa shape index (κ3) is 3.22. The largest absolute Gasteiger partial charge is 0.249 e. The molecule has 0 fully saturated rings. The molecule has 0 aliphatic carbocycles. The molecule has 0 unspecified atom stereocenters. The summed E-state index contributed by atoms with van der Waals surface area (Å²) in [4.78, 5) is 19.1. The van der Waals surface area contributed by atoms with E-state index in [0.717, 1.165) is 55.6 Å².